The third kappa shape index (κ3) is 7.29. The second-order valence-electron chi connectivity index (χ2n) is 9.28. The van der Waals surface area contributed by atoms with Crippen molar-refractivity contribution >= 4 is 5.91 Å². The maximum Gasteiger partial charge on any atom is 0.263 e. The predicted octanol–water partition coefficient (Wildman–Crippen LogP) is 5.30. The zero-order valence-electron chi connectivity index (χ0n) is 21.1. The SMILES string of the molecule is Cc1ccc(OC(C)(C)C(=O)N[C@@H](C)[C@@H](Cc2ccc(OCCF)cc2)c2cccc(C#N)c2)nc1. The van der Waals surface area contributed by atoms with Gasteiger partial charge in [0.25, 0.3) is 5.91 Å². The van der Waals surface area contributed by atoms with Crippen molar-refractivity contribution in [1.29, 1.82) is 5.26 Å². The fraction of sp³-hybridized carbons (Fsp3) is 0.345. The summed E-state index contributed by atoms with van der Waals surface area (Å²) in [7, 11) is 0. The molecule has 188 valence electrons. The molecule has 0 unspecified atom stereocenters. The molecule has 3 rings (SSSR count). The van der Waals surface area contributed by atoms with Gasteiger partial charge in [-0.1, -0.05) is 30.3 Å². The number of carbonyl (C=O) groups excluding carboxylic acids is 1. The standard InChI is InChI=1S/C29H32FN3O3/c1-20-8-13-27(32-19-20)36-29(3,4)28(34)33-21(2)26(24-7-5-6-23(16-24)18-31)17-22-9-11-25(12-10-22)35-15-14-30/h5-13,16,19,21,26H,14-15,17H2,1-4H3,(H,33,34)/t21-,26+/m0/s1. The molecule has 0 fully saturated rings. The van der Waals surface area contributed by atoms with E-state index < -0.39 is 12.3 Å². The lowest BCUT2D eigenvalue weighted by molar-refractivity contribution is -0.135. The van der Waals surface area contributed by atoms with Crippen molar-refractivity contribution in [1.82, 2.24) is 10.3 Å². The van der Waals surface area contributed by atoms with E-state index in [1.807, 2.05) is 62.4 Å². The van der Waals surface area contributed by atoms with Crippen molar-refractivity contribution in [3.8, 4) is 17.7 Å². The summed E-state index contributed by atoms with van der Waals surface area (Å²) in [5, 5.41) is 12.5. The molecule has 6 nitrogen and oxygen atoms in total. The Labute approximate surface area is 212 Å². The van der Waals surface area contributed by atoms with Crippen LogP contribution in [0, 0.1) is 18.3 Å². The van der Waals surface area contributed by atoms with Gasteiger partial charge in [-0.05, 0) is 75.1 Å². The Balaban J connectivity index is 1.79. The van der Waals surface area contributed by atoms with E-state index in [4.69, 9.17) is 9.47 Å². The molecule has 0 radical (unpaired) electrons. The molecule has 1 N–H and O–H groups in total. The summed E-state index contributed by atoms with van der Waals surface area (Å²) in [4.78, 5) is 17.5. The highest BCUT2D eigenvalue weighted by Gasteiger charge is 2.33. The summed E-state index contributed by atoms with van der Waals surface area (Å²) in [5.41, 5.74) is 2.38. The van der Waals surface area contributed by atoms with Crippen LogP contribution in [0.2, 0.25) is 0 Å². The number of pyridine rings is 1. The monoisotopic (exact) mass is 489 g/mol. The number of rotatable bonds is 11. The van der Waals surface area contributed by atoms with E-state index in [0.29, 0.717) is 23.6 Å². The number of nitriles is 1. The quantitative estimate of drug-likeness (QED) is 0.395. The van der Waals surface area contributed by atoms with E-state index in [2.05, 4.69) is 16.4 Å². The van der Waals surface area contributed by atoms with E-state index in [0.717, 1.165) is 16.7 Å². The summed E-state index contributed by atoms with van der Waals surface area (Å²) in [6.07, 6.45) is 2.30. The highest BCUT2D eigenvalue weighted by atomic mass is 19.1. The average Bonchev–Trinajstić information content (AvgIpc) is 2.87. The van der Waals surface area contributed by atoms with Crippen molar-refractivity contribution in [3.63, 3.8) is 0 Å². The van der Waals surface area contributed by atoms with Crippen LogP contribution in [0.15, 0.2) is 66.9 Å². The number of halogens is 1. The first-order valence-corrected chi connectivity index (χ1v) is 11.9. The van der Waals surface area contributed by atoms with Gasteiger partial charge in [0.1, 0.15) is 19.0 Å². The van der Waals surface area contributed by atoms with Crippen LogP contribution in [0.25, 0.3) is 0 Å². The third-order valence-electron chi connectivity index (χ3n) is 5.92. The zero-order chi connectivity index (χ0) is 26.1. The molecule has 1 heterocycles. The van der Waals surface area contributed by atoms with Gasteiger partial charge >= 0.3 is 0 Å². The van der Waals surface area contributed by atoms with Gasteiger partial charge in [-0.15, -0.1) is 0 Å². The maximum atomic E-state index is 13.2. The highest BCUT2D eigenvalue weighted by Crippen LogP contribution is 2.27. The molecule has 0 aliphatic carbocycles. The predicted molar refractivity (Wildman–Crippen MR) is 137 cm³/mol. The number of hydrogen-bond acceptors (Lipinski definition) is 5. The lowest BCUT2D eigenvalue weighted by Gasteiger charge is -2.30. The molecule has 3 aromatic rings. The number of aryl methyl sites for hydroxylation is 1. The summed E-state index contributed by atoms with van der Waals surface area (Å²) in [6, 6.07) is 20.4. The minimum atomic E-state index is -1.15. The Bertz CT molecular complexity index is 1190. The number of ether oxygens (including phenoxy) is 2. The Morgan fingerprint density at radius 2 is 1.92 bits per heavy atom. The van der Waals surface area contributed by atoms with Crippen molar-refractivity contribution in [2.75, 3.05) is 13.3 Å². The Morgan fingerprint density at radius 1 is 1.17 bits per heavy atom. The van der Waals surface area contributed by atoms with E-state index in [9.17, 15) is 14.4 Å². The second kappa shape index (κ2) is 12.2. The molecule has 1 amide bonds. The van der Waals surface area contributed by atoms with Gasteiger partial charge in [-0.25, -0.2) is 9.37 Å². The number of alkyl halides is 1. The van der Waals surface area contributed by atoms with Crippen molar-refractivity contribution < 1.29 is 18.7 Å². The first-order chi connectivity index (χ1) is 17.2. The maximum absolute atomic E-state index is 13.2. The smallest absolute Gasteiger partial charge is 0.263 e. The lowest BCUT2D eigenvalue weighted by atomic mass is 9.85. The third-order valence-corrected chi connectivity index (χ3v) is 5.92. The first-order valence-electron chi connectivity index (χ1n) is 11.9. The van der Waals surface area contributed by atoms with E-state index in [1.165, 1.54) is 0 Å². The van der Waals surface area contributed by atoms with E-state index >= 15 is 0 Å². The highest BCUT2D eigenvalue weighted by molar-refractivity contribution is 5.85. The van der Waals surface area contributed by atoms with Crippen LogP contribution in [0.4, 0.5) is 4.39 Å². The fourth-order valence-corrected chi connectivity index (χ4v) is 3.86. The number of benzene rings is 2. The Morgan fingerprint density at radius 3 is 2.56 bits per heavy atom. The van der Waals surface area contributed by atoms with Crippen LogP contribution in [-0.4, -0.2) is 35.8 Å². The topological polar surface area (TPSA) is 84.2 Å². The number of hydrogen-bond donors (Lipinski definition) is 1. The van der Waals surface area contributed by atoms with Gasteiger partial charge in [0.2, 0.25) is 5.88 Å². The van der Waals surface area contributed by atoms with Crippen molar-refractivity contribution in [3.05, 3.63) is 89.1 Å². The molecular weight excluding hydrogens is 457 g/mol. The molecule has 0 saturated carbocycles. The van der Waals surface area contributed by atoms with Crippen LogP contribution in [0.5, 0.6) is 11.6 Å². The van der Waals surface area contributed by atoms with E-state index in [-0.39, 0.29) is 24.5 Å². The zero-order valence-corrected chi connectivity index (χ0v) is 21.1. The van der Waals surface area contributed by atoms with Crippen molar-refractivity contribution in [2.45, 2.75) is 51.7 Å². The fourth-order valence-electron chi connectivity index (χ4n) is 3.86. The van der Waals surface area contributed by atoms with Crippen LogP contribution in [-0.2, 0) is 11.2 Å². The summed E-state index contributed by atoms with van der Waals surface area (Å²) >= 11 is 0. The Kier molecular flexibility index (Phi) is 9.02. The number of nitrogens with zero attached hydrogens (tertiary/aromatic N) is 2. The minimum absolute atomic E-state index is 0.0158. The molecule has 2 aromatic carbocycles. The number of carbonyl (C=O) groups is 1. The summed E-state index contributed by atoms with van der Waals surface area (Å²) in [6.45, 7) is 6.76. The molecule has 0 bridgehead atoms. The Hall–Kier alpha value is -3.92. The average molecular weight is 490 g/mol. The normalized spacial score (nSPS) is 12.8. The van der Waals surface area contributed by atoms with Gasteiger partial charge in [0.15, 0.2) is 5.60 Å². The number of aromatic nitrogens is 1. The second-order valence-corrected chi connectivity index (χ2v) is 9.28. The molecule has 0 aliphatic heterocycles. The molecule has 36 heavy (non-hydrogen) atoms. The molecule has 7 heteroatoms. The van der Waals surface area contributed by atoms with Crippen LogP contribution >= 0.6 is 0 Å². The van der Waals surface area contributed by atoms with Gasteiger partial charge in [0.05, 0.1) is 11.6 Å². The molecular formula is C29H32FN3O3. The molecule has 1 aromatic heterocycles. The molecule has 0 saturated heterocycles. The van der Waals surface area contributed by atoms with Gasteiger partial charge in [0, 0.05) is 24.2 Å². The molecule has 0 aliphatic rings. The number of nitrogens with one attached hydrogen (secondary N) is 1. The summed E-state index contributed by atoms with van der Waals surface area (Å²) < 4.78 is 23.6. The van der Waals surface area contributed by atoms with Gasteiger partial charge in [-0.3, -0.25) is 4.79 Å². The van der Waals surface area contributed by atoms with E-state index in [1.54, 1.807) is 32.2 Å². The molecule has 0 spiro atoms. The largest absolute Gasteiger partial charge is 0.491 e. The number of amides is 1. The minimum Gasteiger partial charge on any atom is -0.491 e. The van der Waals surface area contributed by atoms with Crippen molar-refractivity contribution in [2.24, 2.45) is 0 Å². The van der Waals surface area contributed by atoms with Crippen LogP contribution in [0.1, 0.15) is 48.9 Å². The molecule has 2 atom stereocenters. The van der Waals surface area contributed by atoms with Crippen LogP contribution < -0.4 is 14.8 Å². The van der Waals surface area contributed by atoms with Crippen LogP contribution in [0.3, 0.4) is 0 Å². The summed E-state index contributed by atoms with van der Waals surface area (Å²) in [5.74, 6) is 0.591. The first kappa shape index (κ1) is 26.7. The van der Waals surface area contributed by atoms with Gasteiger partial charge in [-0.2, -0.15) is 5.26 Å². The lowest BCUT2D eigenvalue weighted by Crippen LogP contribution is -2.51. The van der Waals surface area contributed by atoms with Gasteiger partial charge < -0.3 is 14.8 Å².